The quantitative estimate of drug-likeness (QED) is 0.500. The Morgan fingerprint density at radius 1 is 1.26 bits per heavy atom. The summed E-state index contributed by atoms with van der Waals surface area (Å²) in [5, 5.41) is 16.5. The van der Waals surface area contributed by atoms with Crippen LogP contribution in [0, 0.1) is 10.1 Å². The van der Waals surface area contributed by atoms with Gasteiger partial charge in [0, 0.05) is 13.6 Å². The van der Waals surface area contributed by atoms with Crippen LogP contribution in [0.4, 0.5) is 17.1 Å². The van der Waals surface area contributed by atoms with Crippen LogP contribution in [0.15, 0.2) is 18.2 Å². The molecule has 3 N–H and O–H groups in total. The normalized spacial score (nSPS) is 11.1. The molecule has 0 spiro atoms. The standard InChI is InChI=1S/C10H16N4O4S/c1-11-8-4-3-5-9(10(8)14(15)16)13-6-7-19(17,18)12-2/h3-5,11-13H,6-7H2,1-2H3. The highest BCUT2D eigenvalue weighted by Crippen LogP contribution is 2.32. The van der Waals surface area contributed by atoms with E-state index in [1.54, 1.807) is 19.2 Å². The fraction of sp³-hybridized carbons (Fsp3) is 0.400. The van der Waals surface area contributed by atoms with Crippen molar-refractivity contribution in [3.8, 4) is 0 Å². The molecule has 0 aliphatic rings. The van der Waals surface area contributed by atoms with E-state index in [1.165, 1.54) is 13.1 Å². The van der Waals surface area contributed by atoms with Gasteiger partial charge in [0.15, 0.2) is 0 Å². The van der Waals surface area contributed by atoms with Crippen LogP contribution in [0.2, 0.25) is 0 Å². The molecule has 8 nitrogen and oxygen atoms in total. The molecular weight excluding hydrogens is 272 g/mol. The minimum absolute atomic E-state index is 0.0805. The van der Waals surface area contributed by atoms with Crippen molar-refractivity contribution in [1.82, 2.24) is 4.72 Å². The second kappa shape index (κ2) is 6.34. The van der Waals surface area contributed by atoms with E-state index >= 15 is 0 Å². The maximum absolute atomic E-state index is 11.2. The third-order valence-electron chi connectivity index (χ3n) is 2.49. The summed E-state index contributed by atoms with van der Waals surface area (Å²) < 4.78 is 24.6. The lowest BCUT2D eigenvalue weighted by Crippen LogP contribution is -2.26. The zero-order valence-corrected chi connectivity index (χ0v) is 11.5. The third-order valence-corrected chi connectivity index (χ3v) is 3.85. The average Bonchev–Trinajstić information content (AvgIpc) is 2.37. The van der Waals surface area contributed by atoms with Crippen molar-refractivity contribution >= 4 is 27.1 Å². The fourth-order valence-electron chi connectivity index (χ4n) is 1.51. The topological polar surface area (TPSA) is 113 Å². The van der Waals surface area contributed by atoms with E-state index < -0.39 is 14.9 Å². The first-order valence-electron chi connectivity index (χ1n) is 5.51. The molecule has 19 heavy (non-hydrogen) atoms. The van der Waals surface area contributed by atoms with Gasteiger partial charge in [-0.05, 0) is 19.2 Å². The second-order valence-corrected chi connectivity index (χ2v) is 5.70. The van der Waals surface area contributed by atoms with Crippen LogP contribution in [0.3, 0.4) is 0 Å². The van der Waals surface area contributed by atoms with Crippen molar-refractivity contribution in [2.24, 2.45) is 0 Å². The van der Waals surface area contributed by atoms with Crippen molar-refractivity contribution < 1.29 is 13.3 Å². The van der Waals surface area contributed by atoms with Crippen LogP contribution in [0.5, 0.6) is 0 Å². The van der Waals surface area contributed by atoms with E-state index in [9.17, 15) is 18.5 Å². The highest BCUT2D eigenvalue weighted by atomic mass is 32.2. The Morgan fingerprint density at radius 3 is 2.42 bits per heavy atom. The zero-order valence-electron chi connectivity index (χ0n) is 10.6. The van der Waals surface area contributed by atoms with E-state index in [4.69, 9.17) is 0 Å². The Hall–Kier alpha value is -1.87. The van der Waals surface area contributed by atoms with Gasteiger partial charge in [0.2, 0.25) is 10.0 Å². The molecule has 9 heteroatoms. The molecule has 0 aromatic heterocycles. The first-order valence-corrected chi connectivity index (χ1v) is 7.16. The number of sulfonamides is 1. The minimum Gasteiger partial charge on any atom is -0.382 e. The van der Waals surface area contributed by atoms with E-state index in [0.29, 0.717) is 5.69 Å². The number of hydrogen-bond acceptors (Lipinski definition) is 6. The molecule has 0 saturated carbocycles. The molecule has 0 fully saturated rings. The molecule has 0 heterocycles. The van der Waals surface area contributed by atoms with Gasteiger partial charge >= 0.3 is 5.69 Å². The summed E-state index contributed by atoms with van der Waals surface area (Å²) in [7, 11) is -0.437. The molecule has 0 bridgehead atoms. The number of hydrogen-bond donors (Lipinski definition) is 3. The largest absolute Gasteiger partial charge is 0.382 e. The number of nitrogens with one attached hydrogen (secondary N) is 3. The number of nitro groups is 1. The Balaban J connectivity index is 2.87. The number of rotatable bonds is 7. The van der Waals surface area contributed by atoms with Crippen LogP contribution >= 0.6 is 0 Å². The Morgan fingerprint density at radius 2 is 1.89 bits per heavy atom. The summed E-state index contributed by atoms with van der Waals surface area (Å²) in [4.78, 5) is 10.5. The fourth-order valence-corrected chi connectivity index (χ4v) is 2.08. The van der Waals surface area contributed by atoms with Crippen molar-refractivity contribution in [3.63, 3.8) is 0 Å². The molecule has 0 amide bonds. The summed E-state index contributed by atoms with van der Waals surface area (Å²) in [6.45, 7) is 0.0805. The van der Waals surface area contributed by atoms with Crippen molar-refractivity contribution in [1.29, 1.82) is 0 Å². The smallest absolute Gasteiger partial charge is 0.315 e. The van der Waals surface area contributed by atoms with Gasteiger partial charge in [-0.3, -0.25) is 10.1 Å². The molecule has 0 saturated heterocycles. The molecule has 0 radical (unpaired) electrons. The van der Waals surface area contributed by atoms with Crippen molar-refractivity contribution in [2.45, 2.75) is 0 Å². The Labute approximate surface area is 111 Å². The lowest BCUT2D eigenvalue weighted by atomic mass is 10.2. The first kappa shape index (κ1) is 15.2. The van der Waals surface area contributed by atoms with Gasteiger partial charge in [-0.25, -0.2) is 13.1 Å². The Kier molecular flexibility index (Phi) is 5.07. The van der Waals surface area contributed by atoms with Crippen LogP contribution in [0.25, 0.3) is 0 Å². The highest BCUT2D eigenvalue weighted by Gasteiger charge is 2.18. The summed E-state index contributed by atoms with van der Waals surface area (Å²) in [6, 6.07) is 4.76. The predicted molar refractivity (Wildman–Crippen MR) is 74.0 cm³/mol. The third kappa shape index (κ3) is 4.07. The molecule has 0 aliphatic heterocycles. The van der Waals surface area contributed by atoms with Crippen LogP contribution in [-0.2, 0) is 10.0 Å². The number of anilines is 2. The number of para-hydroxylation sites is 1. The summed E-state index contributed by atoms with van der Waals surface area (Å²) >= 11 is 0. The van der Waals surface area contributed by atoms with E-state index in [-0.39, 0.29) is 23.7 Å². The van der Waals surface area contributed by atoms with E-state index in [0.717, 1.165) is 0 Å². The molecule has 0 atom stereocenters. The van der Waals surface area contributed by atoms with Crippen molar-refractivity contribution in [2.75, 3.05) is 37.0 Å². The lowest BCUT2D eigenvalue weighted by Gasteiger charge is -2.09. The predicted octanol–water partition coefficient (Wildman–Crippen LogP) is 0.598. The molecule has 0 aliphatic carbocycles. The molecule has 0 unspecified atom stereocenters. The second-order valence-electron chi connectivity index (χ2n) is 3.66. The zero-order chi connectivity index (χ0) is 14.5. The number of nitro benzene ring substituents is 1. The maximum atomic E-state index is 11.2. The number of nitrogens with zero attached hydrogens (tertiary/aromatic N) is 1. The van der Waals surface area contributed by atoms with E-state index in [1.807, 2.05) is 0 Å². The highest BCUT2D eigenvalue weighted by molar-refractivity contribution is 7.89. The molecule has 106 valence electrons. The van der Waals surface area contributed by atoms with E-state index in [2.05, 4.69) is 15.4 Å². The Bertz CT molecular complexity index is 559. The minimum atomic E-state index is -3.34. The van der Waals surface area contributed by atoms with Gasteiger partial charge in [0.05, 0.1) is 10.7 Å². The van der Waals surface area contributed by atoms with Gasteiger partial charge in [0.1, 0.15) is 11.4 Å². The average molecular weight is 288 g/mol. The molecular formula is C10H16N4O4S. The van der Waals surface area contributed by atoms with Gasteiger partial charge in [-0.1, -0.05) is 6.07 Å². The van der Waals surface area contributed by atoms with Crippen LogP contribution < -0.4 is 15.4 Å². The first-order chi connectivity index (χ1) is 8.91. The van der Waals surface area contributed by atoms with Crippen molar-refractivity contribution in [3.05, 3.63) is 28.3 Å². The van der Waals surface area contributed by atoms with Crippen LogP contribution in [0.1, 0.15) is 0 Å². The summed E-state index contributed by atoms with van der Waals surface area (Å²) in [5.41, 5.74) is 0.543. The summed E-state index contributed by atoms with van der Waals surface area (Å²) in [5.74, 6) is -0.162. The van der Waals surface area contributed by atoms with Crippen LogP contribution in [-0.4, -0.2) is 39.7 Å². The van der Waals surface area contributed by atoms with Gasteiger partial charge in [-0.15, -0.1) is 0 Å². The molecule has 1 rings (SSSR count). The van der Waals surface area contributed by atoms with Gasteiger partial charge < -0.3 is 10.6 Å². The molecule has 1 aromatic rings. The van der Waals surface area contributed by atoms with Gasteiger partial charge in [-0.2, -0.15) is 0 Å². The maximum Gasteiger partial charge on any atom is 0.315 e. The number of benzene rings is 1. The molecule has 1 aromatic carbocycles. The summed E-state index contributed by atoms with van der Waals surface area (Å²) in [6.07, 6.45) is 0. The lowest BCUT2D eigenvalue weighted by molar-refractivity contribution is -0.383. The van der Waals surface area contributed by atoms with Gasteiger partial charge in [0.25, 0.3) is 0 Å². The monoisotopic (exact) mass is 288 g/mol. The SMILES string of the molecule is CNc1cccc(NCCS(=O)(=O)NC)c1[N+](=O)[O-].